The van der Waals surface area contributed by atoms with Gasteiger partial charge in [-0.25, -0.2) is 4.79 Å². The summed E-state index contributed by atoms with van der Waals surface area (Å²) in [4.78, 5) is 26.7. The summed E-state index contributed by atoms with van der Waals surface area (Å²) in [5.74, 6) is -0.607. The number of carbonyl (C=O) groups is 2. The van der Waals surface area contributed by atoms with Crippen LogP contribution in [0, 0.1) is 25.7 Å². The second kappa shape index (κ2) is 7.24. The van der Waals surface area contributed by atoms with Gasteiger partial charge >= 0.3 is 5.97 Å². The summed E-state index contributed by atoms with van der Waals surface area (Å²) in [7, 11) is 1.69. The number of methoxy groups -OCH3 is 1. The highest BCUT2D eigenvalue weighted by Crippen LogP contribution is 2.43. The predicted molar refractivity (Wildman–Crippen MR) is 107 cm³/mol. The van der Waals surface area contributed by atoms with Gasteiger partial charge < -0.3 is 19.3 Å². The summed E-state index contributed by atoms with van der Waals surface area (Å²) >= 11 is 0. The van der Waals surface area contributed by atoms with Crippen molar-refractivity contribution in [1.29, 1.82) is 0 Å². The quantitative estimate of drug-likeness (QED) is 0.859. The van der Waals surface area contributed by atoms with Crippen LogP contribution in [0.1, 0.15) is 40.9 Å². The minimum Gasteiger partial charge on any atom is -0.480 e. The number of likely N-dealkylation sites (tertiary alicyclic amines) is 1. The first-order chi connectivity index (χ1) is 13.4. The lowest BCUT2D eigenvalue weighted by molar-refractivity contribution is -0.142. The number of hydrogen-bond acceptors (Lipinski definition) is 3. The van der Waals surface area contributed by atoms with Gasteiger partial charge in [0.15, 0.2) is 0 Å². The molecule has 1 aromatic carbocycles. The third-order valence-corrected chi connectivity index (χ3v) is 6.81. The Balaban J connectivity index is 1.68. The van der Waals surface area contributed by atoms with Gasteiger partial charge in [-0.2, -0.15) is 0 Å². The number of ether oxygens (including phenoxy) is 1. The van der Waals surface area contributed by atoms with Crippen LogP contribution in [0.25, 0.3) is 10.9 Å². The molecule has 1 saturated carbocycles. The molecule has 150 valence electrons. The van der Waals surface area contributed by atoms with Crippen molar-refractivity contribution in [1.82, 2.24) is 9.47 Å². The zero-order valence-electron chi connectivity index (χ0n) is 16.8. The van der Waals surface area contributed by atoms with E-state index in [1.807, 2.05) is 18.2 Å². The molecule has 1 aliphatic carbocycles. The molecule has 3 atom stereocenters. The molecule has 2 heterocycles. The summed E-state index contributed by atoms with van der Waals surface area (Å²) in [6.45, 7) is 6.09. The zero-order chi connectivity index (χ0) is 20.0. The Hall–Kier alpha value is -2.34. The molecular weight excluding hydrogens is 356 g/mol. The van der Waals surface area contributed by atoms with E-state index in [4.69, 9.17) is 4.74 Å². The van der Waals surface area contributed by atoms with Gasteiger partial charge in [-0.15, -0.1) is 0 Å². The molecule has 1 aliphatic heterocycles. The molecule has 28 heavy (non-hydrogen) atoms. The lowest BCUT2D eigenvalue weighted by atomic mass is 9.94. The fraction of sp³-hybridized carbons (Fsp3) is 0.545. The first-order valence-electron chi connectivity index (χ1n) is 10.1. The molecule has 0 spiro atoms. The van der Waals surface area contributed by atoms with Gasteiger partial charge in [0.05, 0.1) is 6.61 Å². The van der Waals surface area contributed by atoms with Crippen LogP contribution < -0.4 is 0 Å². The Morgan fingerprint density at radius 3 is 2.75 bits per heavy atom. The van der Waals surface area contributed by atoms with Gasteiger partial charge in [-0.1, -0.05) is 6.42 Å². The van der Waals surface area contributed by atoms with Gasteiger partial charge in [-0.05, 0) is 62.3 Å². The lowest BCUT2D eigenvalue weighted by Crippen LogP contribution is -2.43. The van der Waals surface area contributed by atoms with E-state index in [-0.39, 0.29) is 11.8 Å². The Morgan fingerprint density at radius 1 is 1.25 bits per heavy atom. The number of aliphatic carboxylic acids is 1. The second-order valence-corrected chi connectivity index (χ2v) is 8.18. The van der Waals surface area contributed by atoms with Crippen LogP contribution in [0.3, 0.4) is 0 Å². The van der Waals surface area contributed by atoms with Gasteiger partial charge in [0, 0.05) is 42.4 Å². The van der Waals surface area contributed by atoms with Gasteiger partial charge in [0.1, 0.15) is 6.04 Å². The minimum atomic E-state index is -0.874. The number of rotatable bonds is 5. The smallest absolute Gasteiger partial charge is 0.326 e. The summed E-state index contributed by atoms with van der Waals surface area (Å²) in [6.07, 6.45) is 3.00. The topological polar surface area (TPSA) is 71.8 Å². The third-order valence-electron chi connectivity index (χ3n) is 6.81. The van der Waals surface area contributed by atoms with Gasteiger partial charge in [0.25, 0.3) is 5.91 Å². The Morgan fingerprint density at radius 2 is 2.04 bits per heavy atom. The van der Waals surface area contributed by atoms with Crippen molar-refractivity contribution in [2.45, 2.75) is 45.7 Å². The van der Waals surface area contributed by atoms with Crippen LogP contribution in [-0.2, 0) is 16.1 Å². The summed E-state index contributed by atoms with van der Waals surface area (Å²) in [5.41, 5.74) is 3.96. The molecule has 2 aliphatic rings. The van der Waals surface area contributed by atoms with Crippen molar-refractivity contribution in [2.24, 2.45) is 11.8 Å². The number of amides is 1. The van der Waals surface area contributed by atoms with Crippen LogP contribution >= 0.6 is 0 Å². The molecule has 1 N–H and O–H groups in total. The summed E-state index contributed by atoms with van der Waals surface area (Å²) in [6, 6.07) is 5.05. The first kappa shape index (κ1) is 19.0. The normalized spacial score (nSPS) is 24.1. The average molecular weight is 384 g/mol. The SMILES string of the molecule is COCCn1c(C)c(C)c2cc(C(=O)N3CC4CCCC4C3C(=O)O)ccc21. The number of nitrogens with zero attached hydrogens (tertiary/aromatic N) is 2. The van der Waals surface area contributed by atoms with Crippen molar-refractivity contribution in [2.75, 3.05) is 20.3 Å². The molecule has 3 unspecified atom stereocenters. The fourth-order valence-electron chi connectivity index (χ4n) is 5.25. The van der Waals surface area contributed by atoms with E-state index < -0.39 is 12.0 Å². The van der Waals surface area contributed by atoms with E-state index in [1.54, 1.807) is 12.0 Å². The second-order valence-electron chi connectivity index (χ2n) is 8.18. The Kier molecular flexibility index (Phi) is 4.91. The Bertz CT molecular complexity index is 932. The highest BCUT2D eigenvalue weighted by Gasteiger charge is 2.49. The van der Waals surface area contributed by atoms with Crippen molar-refractivity contribution in [3.63, 3.8) is 0 Å². The molecule has 2 aromatic rings. The highest BCUT2D eigenvalue weighted by atomic mass is 16.5. The maximum absolute atomic E-state index is 13.2. The first-order valence-corrected chi connectivity index (χ1v) is 10.1. The van der Waals surface area contributed by atoms with E-state index in [0.717, 1.165) is 48.0 Å². The number of hydrogen-bond donors (Lipinski definition) is 1. The van der Waals surface area contributed by atoms with E-state index in [0.29, 0.717) is 24.6 Å². The number of fused-ring (bicyclic) bond motifs is 2. The molecule has 1 amide bonds. The van der Waals surface area contributed by atoms with Crippen molar-refractivity contribution >= 4 is 22.8 Å². The van der Waals surface area contributed by atoms with E-state index in [2.05, 4.69) is 18.4 Å². The van der Waals surface area contributed by atoms with Crippen LogP contribution in [0.2, 0.25) is 0 Å². The van der Waals surface area contributed by atoms with Crippen LogP contribution in [0.15, 0.2) is 18.2 Å². The third kappa shape index (κ3) is 2.91. The molecule has 6 heteroatoms. The molecule has 0 bridgehead atoms. The van der Waals surface area contributed by atoms with Crippen LogP contribution in [-0.4, -0.2) is 52.8 Å². The number of carboxylic acids is 1. The maximum Gasteiger partial charge on any atom is 0.326 e. The average Bonchev–Trinajstić information content (AvgIpc) is 3.33. The largest absolute Gasteiger partial charge is 0.480 e. The summed E-state index contributed by atoms with van der Waals surface area (Å²) < 4.78 is 7.43. The number of carbonyl (C=O) groups excluding carboxylic acids is 1. The highest BCUT2D eigenvalue weighted by molar-refractivity contribution is 6.01. The molecule has 2 fully saturated rings. The van der Waals surface area contributed by atoms with Crippen LogP contribution in [0.5, 0.6) is 0 Å². The van der Waals surface area contributed by atoms with Crippen LogP contribution in [0.4, 0.5) is 0 Å². The molecule has 4 rings (SSSR count). The monoisotopic (exact) mass is 384 g/mol. The van der Waals surface area contributed by atoms with Crippen molar-refractivity contribution < 1.29 is 19.4 Å². The minimum absolute atomic E-state index is 0.101. The lowest BCUT2D eigenvalue weighted by Gasteiger charge is -2.24. The van der Waals surface area contributed by atoms with Gasteiger partial charge in [-0.3, -0.25) is 4.79 Å². The number of benzene rings is 1. The summed E-state index contributed by atoms with van der Waals surface area (Å²) in [5, 5.41) is 10.8. The Labute approximate surface area is 165 Å². The predicted octanol–water partition coefficient (Wildman–Crippen LogP) is 3.23. The zero-order valence-corrected chi connectivity index (χ0v) is 16.8. The molecule has 6 nitrogen and oxygen atoms in total. The standard InChI is InChI=1S/C22H28N2O4/c1-13-14(2)23(9-10-28-3)19-8-7-15(11-18(13)19)21(25)24-12-16-5-4-6-17(16)20(24)22(26)27/h7-8,11,16-17,20H,4-6,9-10,12H2,1-3H3,(H,26,27). The number of aryl methyl sites for hydroxylation is 1. The van der Waals surface area contributed by atoms with E-state index >= 15 is 0 Å². The van der Waals surface area contributed by atoms with Crippen molar-refractivity contribution in [3.8, 4) is 0 Å². The number of aromatic nitrogens is 1. The molecule has 0 radical (unpaired) electrons. The van der Waals surface area contributed by atoms with E-state index in [1.165, 1.54) is 0 Å². The van der Waals surface area contributed by atoms with Gasteiger partial charge in [0.2, 0.25) is 0 Å². The fourth-order valence-corrected chi connectivity index (χ4v) is 5.25. The van der Waals surface area contributed by atoms with Crippen molar-refractivity contribution in [3.05, 3.63) is 35.0 Å². The molecule has 1 saturated heterocycles. The van der Waals surface area contributed by atoms with E-state index in [9.17, 15) is 14.7 Å². The number of carboxylic acid groups (broad SMARTS) is 1. The maximum atomic E-state index is 13.2. The molecular formula is C22H28N2O4. The molecule has 1 aromatic heterocycles.